The molecule has 1 aromatic carbocycles. The first kappa shape index (κ1) is 15.6. The van der Waals surface area contributed by atoms with Crippen LogP contribution in [0.2, 0.25) is 0 Å². The molecular weight excluding hydrogens is 272 g/mol. The Morgan fingerprint density at radius 3 is 2.75 bits per heavy atom. The number of aliphatic carboxylic acids is 1. The molecule has 0 saturated carbocycles. The van der Waals surface area contributed by atoms with E-state index in [-0.39, 0.29) is 12.2 Å². The highest BCUT2D eigenvalue weighted by Crippen LogP contribution is 2.21. The zero-order chi connectivity index (χ0) is 15.1. The van der Waals surface area contributed by atoms with Gasteiger partial charge >= 0.3 is 12.1 Å². The lowest BCUT2D eigenvalue weighted by Crippen LogP contribution is -2.31. The quantitative estimate of drug-likeness (QED) is 0.787. The van der Waals surface area contributed by atoms with E-state index in [2.05, 4.69) is 16.6 Å². The Bertz CT molecular complexity index is 519. The Kier molecular flexibility index (Phi) is 5.64. The Morgan fingerprint density at radius 1 is 1.45 bits per heavy atom. The number of halogens is 2. The molecule has 5 nitrogen and oxygen atoms in total. The second kappa shape index (κ2) is 7.22. The van der Waals surface area contributed by atoms with E-state index in [9.17, 15) is 18.4 Å². The molecule has 0 aliphatic rings. The van der Waals surface area contributed by atoms with Gasteiger partial charge in [-0.05, 0) is 18.2 Å². The van der Waals surface area contributed by atoms with Crippen LogP contribution >= 0.6 is 0 Å². The molecule has 0 radical (unpaired) electrons. The number of hydrogen-bond acceptors (Lipinski definition) is 3. The summed E-state index contributed by atoms with van der Waals surface area (Å²) in [6.07, 6.45) is -0.238. The number of carboxylic acid groups (broad SMARTS) is 1. The third-order valence-corrected chi connectivity index (χ3v) is 2.34. The number of carbonyl (C=O) groups is 2. The van der Waals surface area contributed by atoms with Crippen molar-refractivity contribution in [3.63, 3.8) is 0 Å². The maximum atomic E-state index is 13.6. The van der Waals surface area contributed by atoms with E-state index in [1.165, 1.54) is 6.08 Å². The molecule has 108 valence electrons. The van der Waals surface area contributed by atoms with E-state index >= 15 is 0 Å². The van der Waals surface area contributed by atoms with Crippen molar-refractivity contribution in [2.75, 3.05) is 6.61 Å². The van der Waals surface area contributed by atoms with Crippen LogP contribution in [0.1, 0.15) is 18.0 Å². The van der Waals surface area contributed by atoms with Gasteiger partial charge in [0, 0.05) is 5.56 Å². The summed E-state index contributed by atoms with van der Waals surface area (Å²) in [5, 5.41) is 10.9. The van der Waals surface area contributed by atoms with Gasteiger partial charge in [-0.25, -0.2) is 13.6 Å². The van der Waals surface area contributed by atoms with Crippen LogP contribution in [0, 0.1) is 11.6 Å². The van der Waals surface area contributed by atoms with E-state index in [0.29, 0.717) is 0 Å². The van der Waals surface area contributed by atoms with E-state index in [1.807, 2.05) is 0 Å². The summed E-state index contributed by atoms with van der Waals surface area (Å²) >= 11 is 0. The second-order valence-electron chi connectivity index (χ2n) is 3.85. The highest BCUT2D eigenvalue weighted by molar-refractivity contribution is 5.72. The van der Waals surface area contributed by atoms with Crippen LogP contribution in [-0.4, -0.2) is 23.8 Å². The molecule has 1 rings (SSSR count). The molecule has 2 N–H and O–H groups in total. The van der Waals surface area contributed by atoms with Crippen molar-refractivity contribution in [3.05, 3.63) is 48.1 Å². The summed E-state index contributed by atoms with van der Waals surface area (Å²) < 4.78 is 31.3. The molecule has 0 aromatic heterocycles. The maximum absolute atomic E-state index is 13.6. The van der Waals surface area contributed by atoms with Gasteiger partial charge in [0.05, 0.1) is 12.5 Å². The predicted octanol–water partition coefficient (Wildman–Crippen LogP) is 2.39. The molecule has 0 saturated heterocycles. The molecule has 1 aromatic rings. The van der Waals surface area contributed by atoms with Crippen LogP contribution in [0.5, 0.6) is 0 Å². The predicted molar refractivity (Wildman–Crippen MR) is 66.0 cm³/mol. The fourth-order valence-corrected chi connectivity index (χ4v) is 1.51. The normalized spacial score (nSPS) is 11.5. The summed E-state index contributed by atoms with van der Waals surface area (Å²) in [6.45, 7) is 3.25. The molecule has 0 spiro atoms. The largest absolute Gasteiger partial charge is 0.481 e. The molecule has 1 atom stereocenters. The number of amides is 1. The van der Waals surface area contributed by atoms with Crippen LogP contribution in [0.15, 0.2) is 30.9 Å². The number of alkyl carbamates (subject to hydrolysis) is 1. The number of hydrogen-bond donors (Lipinski definition) is 2. The zero-order valence-electron chi connectivity index (χ0n) is 10.4. The van der Waals surface area contributed by atoms with Gasteiger partial charge in [0.1, 0.15) is 18.2 Å². The van der Waals surface area contributed by atoms with Gasteiger partial charge in [0.15, 0.2) is 0 Å². The number of benzene rings is 1. The van der Waals surface area contributed by atoms with Gasteiger partial charge in [-0.15, -0.1) is 0 Å². The van der Waals surface area contributed by atoms with Crippen molar-refractivity contribution < 1.29 is 28.2 Å². The van der Waals surface area contributed by atoms with E-state index in [0.717, 1.165) is 18.2 Å². The summed E-state index contributed by atoms with van der Waals surface area (Å²) in [5.41, 5.74) is -0.261. The molecule has 0 heterocycles. The smallest absolute Gasteiger partial charge is 0.407 e. The fraction of sp³-hybridized carbons (Fsp3) is 0.231. The van der Waals surface area contributed by atoms with Crippen molar-refractivity contribution in [1.29, 1.82) is 0 Å². The number of rotatable bonds is 6. The molecule has 20 heavy (non-hydrogen) atoms. The first-order valence-electron chi connectivity index (χ1n) is 5.65. The Labute approximate surface area is 113 Å². The summed E-state index contributed by atoms with van der Waals surface area (Å²) in [6, 6.07) is 1.35. The van der Waals surface area contributed by atoms with Crippen molar-refractivity contribution in [1.82, 2.24) is 5.32 Å². The first-order valence-corrected chi connectivity index (χ1v) is 5.65. The van der Waals surface area contributed by atoms with Gasteiger partial charge in [-0.3, -0.25) is 4.79 Å². The van der Waals surface area contributed by atoms with Crippen LogP contribution in [0.4, 0.5) is 13.6 Å². The molecule has 7 heteroatoms. The van der Waals surface area contributed by atoms with Gasteiger partial charge in [0.2, 0.25) is 0 Å². The summed E-state index contributed by atoms with van der Waals surface area (Å²) in [4.78, 5) is 22.1. The maximum Gasteiger partial charge on any atom is 0.407 e. The Morgan fingerprint density at radius 2 is 2.15 bits per heavy atom. The van der Waals surface area contributed by atoms with E-state index in [1.54, 1.807) is 0 Å². The molecule has 0 aliphatic carbocycles. The van der Waals surface area contributed by atoms with Gasteiger partial charge in [0.25, 0.3) is 0 Å². The standard InChI is InChI=1S/C13H13F2NO4/c1-2-5-20-13(19)16-11(7-12(17)18)9-6-8(14)3-4-10(9)15/h2-4,6,11H,1,5,7H2,(H,16,19)(H,17,18)/t11-/m0/s1. The highest BCUT2D eigenvalue weighted by atomic mass is 19.1. The van der Waals surface area contributed by atoms with Crippen LogP contribution in [0.25, 0.3) is 0 Å². The van der Waals surface area contributed by atoms with Crippen molar-refractivity contribution in [3.8, 4) is 0 Å². The van der Waals surface area contributed by atoms with Crippen molar-refractivity contribution >= 4 is 12.1 Å². The molecule has 0 aliphatic heterocycles. The first-order chi connectivity index (χ1) is 9.43. The number of carbonyl (C=O) groups excluding carboxylic acids is 1. The van der Waals surface area contributed by atoms with E-state index in [4.69, 9.17) is 5.11 Å². The van der Waals surface area contributed by atoms with Crippen LogP contribution in [0.3, 0.4) is 0 Å². The molecule has 0 fully saturated rings. The lowest BCUT2D eigenvalue weighted by molar-refractivity contribution is -0.137. The monoisotopic (exact) mass is 285 g/mol. The number of ether oxygens (including phenoxy) is 1. The molecular formula is C13H13F2NO4. The van der Waals surface area contributed by atoms with Gasteiger partial charge < -0.3 is 15.2 Å². The van der Waals surface area contributed by atoms with Crippen molar-refractivity contribution in [2.24, 2.45) is 0 Å². The molecule has 1 amide bonds. The van der Waals surface area contributed by atoms with Crippen LogP contribution < -0.4 is 5.32 Å². The lowest BCUT2D eigenvalue weighted by Gasteiger charge is -2.17. The van der Waals surface area contributed by atoms with Crippen LogP contribution in [-0.2, 0) is 9.53 Å². The molecule has 0 unspecified atom stereocenters. The fourth-order valence-electron chi connectivity index (χ4n) is 1.51. The lowest BCUT2D eigenvalue weighted by atomic mass is 10.0. The topological polar surface area (TPSA) is 75.6 Å². The highest BCUT2D eigenvalue weighted by Gasteiger charge is 2.22. The summed E-state index contributed by atoms with van der Waals surface area (Å²) in [7, 11) is 0. The minimum Gasteiger partial charge on any atom is -0.481 e. The second-order valence-corrected chi connectivity index (χ2v) is 3.85. The Hall–Kier alpha value is -2.44. The van der Waals surface area contributed by atoms with Gasteiger partial charge in [-0.1, -0.05) is 12.7 Å². The third kappa shape index (κ3) is 4.68. The average Bonchev–Trinajstić information content (AvgIpc) is 2.38. The Balaban J connectivity index is 2.93. The number of carboxylic acids is 1. The van der Waals surface area contributed by atoms with Gasteiger partial charge in [-0.2, -0.15) is 0 Å². The minimum atomic E-state index is -1.28. The zero-order valence-corrected chi connectivity index (χ0v) is 10.4. The summed E-state index contributed by atoms with van der Waals surface area (Å²) in [5.74, 6) is -2.83. The average molecular weight is 285 g/mol. The minimum absolute atomic E-state index is 0.0861. The number of nitrogens with one attached hydrogen (secondary N) is 1. The van der Waals surface area contributed by atoms with Crippen molar-refractivity contribution in [2.45, 2.75) is 12.5 Å². The van der Waals surface area contributed by atoms with E-state index < -0.39 is 36.2 Å². The SMILES string of the molecule is C=CCOC(=O)N[C@@H](CC(=O)O)c1cc(F)ccc1F. The third-order valence-electron chi connectivity index (χ3n) is 2.34. The molecule has 0 bridgehead atoms.